The molecular formula is C30H38IrNO2-. The monoisotopic (exact) mass is 637 g/mol. The molecule has 3 aromatic rings. The van der Waals surface area contributed by atoms with E-state index < -0.39 is 5.41 Å². The third-order valence-corrected chi connectivity index (χ3v) is 5.93. The van der Waals surface area contributed by atoms with Crippen molar-refractivity contribution >= 4 is 16.7 Å². The van der Waals surface area contributed by atoms with Gasteiger partial charge in [0.2, 0.25) is 0 Å². The SMILES string of the molecule is CCC(C)(C)/C(O)=C/C(=O)C(C)(C)C.CCc1cc(C)[c-]c(-c2ccc3ccccc3n2)c1.[Ir]. The third-order valence-electron chi connectivity index (χ3n) is 5.93. The van der Waals surface area contributed by atoms with E-state index in [9.17, 15) is 9.90 Å². The number of aliphatic hydroxyl groups excluding tert-OH is 1. The number of pyridine rings is 1. The molecule has 2 aromatic carbocycles. The molecule has 34 heavy (non-hydrogen) atoms. The van der Waals surface area contributed by atoms with Gasteiger partial charge in [-0.25, -0.2) is 0 Å². The van der Waals surface area contributed by atoms with E-state index >= 15 is 0 Å². The van der Waals surface area contributed by atoms with Crippen molar-refractivity contribution in [3.8, 4) is 11.3 Å². The number of ketones is 1. The molecule has 3 rings (SSSR count). The van der Waals surface area contributed by atoms with Gasteiger partial charge in [-0.05, 0) is 30.0 Å². The average molecular weight is 637 g/mol. The summed E-state index contributed by atoms with van der Waals surface area (Å²) >= 11 is 0. The van der Waals surface area contributed by atoms with Crippen LogP contribution in [0, 0.1) is 23.8 Å². The molecule has 0 saturated heterocycles. The number of allylic oxidation sites excluding steroid dienone is 2. The van der Waals surface area contributed by atoms with Crippen molar-refractivity contribution in [2.45, 2.75) is 68.2 Å². The molecule has 0 aliphatic rings. The summed E-state index contributed by atoms with van der Waals surface area (Å²) in [6.07, 6.45) is 3.21. The van der Waals surface area contributed by atoms with E-state index in [0.717, 1.165) is 29.6 Å². The fraction of sp³-hybridized carbons (Fsp3) is 0.400. The second-order valence-corrected chi connectivity index (χ2v) is 10.2. The standard InChI is InChI=1S/C18H16N.C12H22O2.Ir/c1-3-14-10-13(2)11-16(12-14)18-9-8-15-6-4-5-7-17(15)19-18;1-7-12(5,6)10(14)8-9(13)11(2,3)4;/h4-10,12H,3H2,1-2H3;8,14H,7H2,1-6H3;/q-1;;/b;10-8-;. The summed E-state index contributed by atoms with van der Waals surface area (Å²) in [7, 11) is 0. The molecule has 0 bridgehead atoms. The maximum Gasteiger partial charge on any atom is 0.164 e. The smallest absolute Gasteiger partial charge is 0.164 e. The predicted molar refractivity (Wildman–Crippen MR) is 139 cm³/mol. The van der Waals surface area contributed by atoms with Gasteiger partial charge in [0, 0.05) is 37.0 Å². The fourth-order valence-electron chi connectivity index (χ4n) is 3.07. The van der Waals surface area contributed by atoms with Crippen LogP contribution >= 0.6 is 0 Å². The van der Waals surface area contributed by atoms with Crippen LogP contribution < -0.4 is 0 Å². The molecule has 185 valence electrons. The normalized spacial score (nSPS) is 11.9. The molecule has 1 radical (unpaired) electrons. The molecule has 0 unspecified atom stereocenters. The van der Waals surface area contributed by atoms with Crippen LogP contribution in [0.5, 0.6) is 0 Å². The number of hydrogen-bond donors (Lipinski definition) is 1. The second-order valence-electron chi connectivity index (χ2n) is 10.2. The molecule has 1 heterocycles. The Morgan fingerprint density at radius 2 is 1.68 bits per heavy atom. The van der Waals surface area contributed by atoms with Gasteiger partial charge in [0.05, 0.1) is 5.52 Å². The average Bonchev–Trinajstić information content (AvgIpc) is 2.78. The van der Waals surface area contributed by atoms with Crippen molar-refractivity contribution < 1.29 is 30.0 Å². The molecule has 0 spiro atoms. The van der Waals surface area contributed by atoms with Crippen LogP contribution in [-0.4, -0.2) is 15.9 Å². The predicted octanol–water partition coefficient (Wildman–Crippen LogP) is 8.05. The molecule has 4 heteroatoms. The number of carbonyl (C=O) groups excluding carboxylic acids is 1. The Morgan fingerprint density at radius 3 is 2.26 bits per heavy atom. The number of hydrogen-bond acceptors (Lipinski definition) is 3. The first-order chi connectivity index (χ1) is 15.4. The summed E-state index contributed by atoms with van der Waals surface area (Å²) in [6, 6.07) is 20.2. The number of aryl methyl sites for hydroxylation is 2. The van der Waals surface area contributed by atoms with Crippen LogP contribution in [0.4, 0.5) is 0 Å². The van der Waals surface area contributed by atoms with Gasteiger partial charge in [0.25, 0.3) is 0 Å². The van der Waals surface area contributed by atoms with Crippen molar-refractivity contribution in [3.63, 3.8) is 0 Å². The van der Waals surface area contributed by atoms with E-state index in [2.05, 4.69) is 56.3 Å². The van der Waals surface area contributed by atoms with E-state index in [-0.39, 0.29) is 37.1 Å². The number of fused-ring (bicyclic) bond motifs is 1. The van der Waals surface area contributed by atoms with E-state index in [1.54, 1.807) is 0 Å². The summed E-state index contributed by atoms with van der Waals surface area (Å²) < 4.78 is 0. The van der Waals surface area contributed by atoms with Crippen molar-refractivity contribution in [2.75, 3.05) is 0 Å². The minimum atomic E-state index is -0.419. The largest absolute Gasteiger partial charge is 0.512 e. The van der Waals surface area contributed by atoms with E-state index in [1.807, 2.05) is 53.7 Å². The molecule has 1 aromatic heterocycles. The van der Waals surface area contributed by atoms with Crippen LogP contribution in [0.15, 0.2) is 60.4 Å². The summed E-state index contributed by atoms with van der Waals surface area (Å²) in [4.78, 5) is 16.3. The van der Waals surface area contributed by atoms with E-state index in [4.69, 9.17) is 4.98 Å². The van der Waals surface area contributed by atoms with Crippen LogP contribution in [-0.2, 0) is 31.3 Å². The van der Waals surface area contributed by atoms with E-state index in [0.29, 0.717) is 0 Å². The first-order valence-corrected chi connectivity index (χ1v) is 11.7. The topological polar surface area (TPSA) is 50.2 Å². The Hall–Kier alpha value is -2.29. The first kappa shape index (κ1) is 29.7. The maximum atomic E-state index is 11.6. The number of carbonyl (C=O) groups is 1. The molecule has 0 fully saturated rings. The van der Waals surface area contributed by atoms with Crippen molar-refractivity contribution in [2.24, 2.45) is 10.8 Å². The zero-order valence-corrected chi connectivity index (χ0v) is 24.1. The number of nitrogens with zero attached hydrogens (tertiary/aromatic N) is 1. The van der Waals surface area contributed by atoms with Gasteiger partial charge < -0.3 is 5.11 Å². The summed E-state index contributed by atoms with van der Waals surface area (Å²) in [5.41, 5.74) is 4.90. The number of benzene rings is 2. The van der Waals surface area contributed by atoms with E-state index in [1.165, 1.54) is 22.6 Å². The first-order valence-electron chi connectivity index (χ1n) is 11.7. The second kappa shape index (κ2) is 12.4. The molecule has 3 nitrogen and oxygen atoms in total. The third kappa shape index (κ3) is 8.18. The minimum Gasteiger partial charge on any atom is -0.512 e. The van der Waals surface area contributed by atoms with Gasteiger partial charge in [0.15, 0.2) is 5.78 Å². The van der Waals surface area contributed by atoms with Crippen LogP contribution in [0.25, 0.3) is 22.2 Å². The molecule has 0 aliphatic carbocycles. The number of aliphatic hydroxyl groups is 1. The Morgan fingerprint density at radius 1 is 1.03 bits per heavy atom. The fourth-order valence-corrected chi connectivity index (χ4v) is 3.07. The summed E-state index contributed by atoms with van der Waals surface area (Å²) in [5.74, 6) is 0.149. The van der Waals surface area contributed by atoms with Gasteiger partial charge in [-0.15, -0.1) is 34.9 Å². The number of rotatable bonds is 5. The maximum absolute atomic E-state index is 11.6. The Kier molecular flexibility index (Phi) is 10.9. The molecule has 0 saturated carbocycles. The van der Waals surface area contributed by atoms with Crippen LogP contribution in [0.1, 0.15) is 66.0 Å². The van der Waals surface area contributed by atoms with Crippen LogP contribution in [0.2, 0.25) is 0 Å². The van der Waals surface area contributed by atoms with Gasteiger partial charge in [-0.1, -0.05) is 85.7 Å². The molecule has 0 aliphatic heterocycles. The molecule has 1 N–H and O–H groups in total. The Bertz CT molecular complexity index is 1140. The van der Waals surface area contributed by atoms with Gasteiger partial charge >= 0.3 is 0 Å². The van der Waals surface area contributed by atoms with Crippen LogP contribution in [0.3, 0.4) is 0 Å². The quantitative estimate of drug-likeness (QED) is 0.175. The number of aromatic nitrogens is 1. The number of para-hydroxylation sites is 1. The molecule has 0 amide bonds. The van der Waals surface area contributed by atoms with Gasteiger partial charge in [-0.2, -0.15) is 0 Å². The van der Waals surface area contributed by atoms with Gasteiger partial charge in [-0.3, -0.25) is 9.78 Å². The zero-order valence-electron chi connectivity index (χ0n) is 21.7. The molecule has 0 atom stereocenters. The minimum absolute atomic E-state index is 0. The Labute approximate surface area is 219 Å². The summed E-state index contributed by atoms with van der Waals surface area (Å²) in [5, 5.41) is 10.9. The van der Waals surface area contributed by atoms with Crippen molar-refractivity contribution in [3.05, 3.63) is 77.6 Å². The van der Waals surface area contributed by atoms with Crippen molar-refractivity contribution in [1.82, 2.24) is 4.98 Å². The zero-order chi connectivity index (χ0) is 24.8. The summed E-state index contributed by atoms with van der Waals surface area (Å²) in [6.45, 7) is 15.6. The Balaban J connectivity index is 0.000000348. The van der Waals surface area contributed by atoms with Gasteiger partial charge in [0.1, 0.15) is 5.76 Å². The molecular weight excluding hydrogens is 599 g/mol. The van der Waals surface area contributed by atoms with Crippen molar-refractivity contribution in [1.29, 1.82) is 0 Å².